The van der Waals surface area contributed by atoms with E-state index in [1.54, 1.807) is 0 Å². The van der Waals surface area contributed by atoms with Crippen molar-refractivity contribution in [3.8, 4) is 5.75 Å². The lowest BCUT2D eigenvalue weighted by atomic mass is 9.67. The van der Waals surface area contributed by atoms with Crippen LogP contribution in [0.3, 0.4) is 0 Å². The van der Waals surface area contributed by atoms with Gasteiger partial charge in [0.15, 0.2) is 0 Å². The number of carboxylic acids is 1. The zero-order valence-electron chi connectivity index (χ0n) is 20.7. The molecule has 4 rings (SSSR count). The molecular formula is C30H36ClNO4. The third-order valence-electron chi connectivity index (χ3n) is 6.79. The minimum atomic E-state index is -0.825. The molecule has 1 aliphatic heterocycles. The van der Waals surface area contributed by atoms with Gasteiger partial charge in [0, 0.05) is 17.6 Å². The molecule has 36 heavy (non-hydrogen) atoms. The van der Waals surface area contributed by atoms with Crippen LogP contribution in [-0.4, -0.2) is 37.4 Å². The van der Waals surface area contributed by atoms with Crippen molar-refractivity contribution < 1.29 is 19.4 Å². The summed E-state index contributed by atoms with van der Waals surface area (Å²) < 4.78 is 12.0. The number of carboxylic acid groups (broad SMARTS) is 1. The Kier molecular flexibility index (Phi) is 10.8. The van der Waals surface area contributed by atoms with E-state index in [4.69, 9.17) is 14.6 Å². The number of ether oxygens (including phenoxy) is 2. The van der Waals surface area contributed by atoms with E-state index in [1.807, 2.05) is 18.2 Å². The van der Waals surface area contributed by atoms with E-state index in [-0.39, 0.29) is 30.8 Å². The first-order valence-corrected chi connectivity index (χ1v) is 12.5. The highest BCUT2D eigenvalue weighted by Gasteiger charge is 2.38. The first-order chi connectivity index (χ1) is 17.2. The zero-order valence-corrected chi connectivity index (χ0v) is 21.5. The minimum Gasteiger partial charge on any atom is -0.489 e. The molecule has 3 aromatic carbocycles. The first kappa shape index (κ1) is 27.7. The van der Waals surface area contributed by atoms with E-state index in [2.05, 4.69) is 66.0 Å². The normalized spacial score (nSPS) is 14.6. The van der Waals surface area contributed by atoms with Crippen molar-refractivity contribution in [3.05, 3.63) is 101 Å². The summed E-state index contributed by atoms with van der Waals surface area (Å²) in [7, 11) is 0. The fourth-order valence-electron chi connectivity index (χ4n) is 4.93. The van der Waals surface area contributed by atoms with Gasteiger partial charge in [0.05, 0.1) is 13.0 Å². The third-order valence-corrected chi connectivity index (χ3v) is 6.79. The summed E-state index contributed by atoms with van der Waals surface area (Å²) >= 11 is 0. The van der Waals surface area contributed by atoms with Crippen LogP contribution in [0.15, 0.2) is 78.9 Å². The summed E-state index contributed by atoms with van der Waals surface area (Å²) in [6.45, 7) is 3.29. The Bertz CT molecular complexity index is 1070. The molecule has 6 heteroatoms. The topological polar surface area (TPSA) is 67.8 Å². The molecule has 1 saturated heterocycles. The lowest BCUT2D eigenvalue weighted by Gasteiger charge is -2.40. The molecule has 2 N–H and O–H groups in total. The summed E-state index contributed by atoms with van der Waals surface area (Å²) in [6, 6.07) is 27.7. The predicted molar refractivity (Wildman–Crippen MR) is 145 cm³/mol. The quantitative estimate of drug-likeness (QED) is 0.303. The second-order valence-corrected chi connectivity index (χ2v) is 9.16. The number of piperidine rings is 1. The number of benzene rings is 3. The molecule has 1 aliphatic rings. The number of halogens is 1. The van der Waals surface area contributed by atoms with Crippen LogP contribution in [0.25, 0.3) is 0 Å². The monoisotopic (exact) mass is 509 g/mol. The molecule has 0 atom stereocenters. The highest BCUT2D eigenvalue weighted by atomic mass is 35.5. The Morgan fingerprint density at radius 1 is 0.889 bits per heavy atom. The fourth-order valence-corrected chi connectivity index (χ4v) is 4.93. The highest BCUT2D eigenvalue weighted by Crippen LogP contribution is 2.45. The summed E-state index contributed by atoms with van der Waals surface area (Å²) in [5, 5.41) is 12.3. The fraction of sp³-hybridized carbons (Fsp3) is 0.367. The van der Waals surface area contributed by atoms with Crippen LogP contribution < -0.4 is 10.1 Å². The molecule has 0 radical (unpaired) electrons. The molecule has 192 valence electrons. The van der Waals surface area contributed by atoms with E-state index >= 15 is 0 Å². The second kappa shape index (κ2) is 14.0. The van der Waals surface area contributed by atoms with Crippen LogP contribution in [0.5, 0.6) is 5.75 Å². The molecule has 0 spiro atoms. The van der Waals surface area contributed by atoms with Gasteiger partial charge in [-0.1, -0.05) is 72.8 Å². The molecule has 0 unspecified atom stereocenters. The molecular weight excluding hydrogens is 474 g/mol. The van der Waals surface area contributed by atoms with Crippen molar-refractivity contribution >= 4 is 18.4 Å². The van der Waals surface area contributed by atoms with Gasteiger partial charge in [0.1, 0.15) is 12.4 Å². The standard InChI is InChI=1S/C30H35NO4.ClH/c32-29(33)15-21-34-20-7-10-24-13-14-28(35-23-25-8-3-1-4-9-25)27(22-24)30(16-18-31-19-17-30)26-11-5-2-6-12-26;/h1-6,8-9,11-14,22,31H,7,10,15-21,23H2,(H,32,33);1H. The number of carbonyl (C=O) groups is 1. The van der Waals surface area contributed by atoms with Crippen LogP contribution in [-0.2, 0) is 28.0 Å². The van der Waals surface area contributed by atoms with E-state index in [1.165, 1.54) is 16.7 Å². The van der Waals surface area contributed by atoms with Crippen molar-refractivity contribution in [3.63, 3.8) is 0 Å². The molecule has 5 nitrogen and oxygen atoms in total. The van der Waals surface area contributed by atoms with Gasteiger partial charge in [-0.05, 0) is 61.5 Å². The van der Waals surface area contributed by atoms with E-state index in [0.29, 0.717) is 13.2 Å². The Labute approximate surface area is 220 Å². The number of hydrogen-bond acceptors (Lipinski definition) is 4. The average Bonchev–Trinajstić information content (AvgIpc) is 2.91. The zero-order chi connectivity index (χ0) is 24.3. The Morgan fingerprint density at radius 2 is 1.58 bits per heavy atom. The van der Waals surface area contributed by atoms with Gasteiger partial charge in [0.2, 0.25) is 0 Å². The molecule has 0 bridgehead atoms. The predicted octanol–water partition coefficient (Wildman–Crippen LogP) is 5.78. The lowest BCUT2D eigenvalue weighted by molar-refractivity contribution is -0.138. The van der Waals surface area contributed by atoms with Gasteiger partial charge in [-0.25, -0.2) is 0 Å². The first-order valence-electron chi connectivity index (χ1n) is 12.5. The van der Waals surface area contributed by atoms with Crippen molar-refractivity contribution in [1.82, 2.24) is 5.32 Å². The number of hydrogen-bond donors (Lipinski definition) is 2. The maximum Gasteiger partial charge on any atom is 0.305 e. The minimum absolute atomic E-state index is 0. The van der Waals surface area contributed by atoms with Gasteiger partial charge in [-0.15, -0.1) is 12.4 Å². The maximum atomic E-state index is 10.7. The molecule has 1 heterocycles. The van der Waals surface area contributed by atoms with Crippen molar-refractivity contribution in [2.24, 2.45) is 0 Å². The Balaban J connectivity index is 0.00000361. The summed E-state index contributed by atoms with van der Waals surface area (Å²) in [6.07, 6.45) is 3.80. The highest BCUT2D eigenvalue weighted by molar-refractivity contribution is 5.85. The van der Waals surface area contributed by atoms with E-state index in [0.717, 1.165) is 50.1 Å². The van der Waals surface area contributed by atoms with E-state index < -0.39 is 5.97 Å². The molecule has 0 saturated carbocycles. The van der Waals surface area contributed by atoms with E-state index in [9.17, 15) is 4.79 Å². The van der Waals surface area contributed by atoms with Crippen LogP contribution in [0.2, 0.25) is 0 Å². The third kappa shape index (κ3) is 7.33. The second-order valence-electron chi connectivity index (χ2n) is 9.16. The van der Waals surface area contributed by atoms with Gasteiger partial charge < -0.3 is 19.9 Å². The summed E-state index contributed by atoms with van der Waals surface area (Å²) in [5.41, 5.74) is 4.89. The van der Waals surface area contributed by atoms with Crippen LogP contribution in [0, 0.1) is 0 Å². The van der Waals surface area contributed by atoms with Crippen LogP contribution >= 0.6 is 12.4 Å². The smallest absolute Gasteiger partial charge is 0.305 e. The van der Waals surface area contributed by atoms with Crippen molar-refractivity contribution in [2.45, 2.75) is 44.1 Å². The SMILES string of the molecule is Cl.O=C(O)CCOCCCc1ccc(OCc2ccccc2)c(C2(c3ccccc3)CCNCC2)c1. The van der Waals surface area contributed by atoms with Crippen LogP contribution in [0.1, 0.15) is 47.9 Å². The van der Waals surface area contributed by atoms with Gasteiger partial charge in [0.25, 0.3) is 0 Å². The molecule has 0 amide bonds. The largest absolute Gasteiger partial charge is 0.489 e. The Morgan fingerprint density at radius 3 is 2.28 bits per heavy atom. The van der Waals surface area contributed by atoms with Crippen LogP contribution in [0.4, 0.5) is 0 Å². The van der Waals surface area contributed by atoms with Crippen molar-refractivity contribution in [1.29, 1.82) is 0 Å². The number of nitrogens with one attached hydrogen (secondary N) is 1. The van der Waals surface area contributed by atoms with Gasteiger partial charge in [-0.2, -0.15) is 0 Å². The summed E-state index contributed by atoms with van der Waals surface area (Å²) in [4.78, 5) is 10.7. The molecule has 0 aromatic heterocycles. The molecule has 1 fully saturated rings. The number of aliphatic carboxylic acids is 1. The summed E-state index contributed by atoms with van der Waals surface area (Å²) in [5.74, 6) is 0.120. The Hall–Kier alpha value is -2.86. The van der Waals surface area contributed by atoms with Gasteiger partial charge >= 0.3 is 5.97 Å². The maximum absolute atomic E-state index is 10.7. The molecule has 0 aliphatic carbocycles. The lowest BCUT2D eigenvalue weighted by Crippen LogP contribution is -2.41. The van der Waals surface area contributed by atoms with Crippen molar-refractivity contribution in [2.75, 3.05) is 26.3 Å². The average molecular weight is 510 g/mol. The number of aryl methyl sites for hydroxylation is 1. The number of rotatable bonds is 12. The molecule has 3 aromatic rings. The van der Waals surface area contributed by atoms with Gasteiger partial charge in [-0.3, -0.25) is 4.79 Å².